The summed E-state index contributed by atoms with van der Waals surface area (Å²) in [6, 6.07) is 7.30. The van der Waals surface area contributed by atoms with Gasteiger partial charge in [0.05, 0.1) is 7.11 Å². The van der Waals surface area contributed by atoms with Gasteiger partial charge in [-0.25, -0.2) is 4.98 Å². The Hall–Kier alpha value is -2.34. The van der Waals surface area contributed by atoms with Crippen LogP contribution in [0.5, 0.6) is 5.75 Å². The Morgan fingerprint density at radius 2 is 2.39 bits per heavy atom. The number of carbonyl (C=O) groups excluding carboxylic acids is 1. The summed E-state index contributed by atoms with van der Waals surface area (Å²) in [4.78, 5) is 16.9. The molecule has 1 N–H and O–H groups in total. The second kappa shape index (κ2) is 6.83. The van der Waals surface area contributed by atoms with Crippen molar-refractivity contribution in [2.45, 2.75) is 25.0 Å². The highest BCUT2D eigenvalue weighted by atomic mass is 16.5. The van der Waals surface area contributed by atoms with Crippen LogP contribution < -0.4 is 10.1 Å². The summed E-state index contributed by atoms with van der Waals surface area (Å²) >= 11 is 0. The smallest absolute Gasteiger partial charge is 0.249 e. The number of nitrogens with one attached hydrogen (secondary N) is 1. The largest absolute Gasteiger partial charge is 0.497 e. The summed E-state index contributed by atoms with van der Waals surface area (Å²) in [5.74, 6) is 1.41. The second-order valence-electron chi connectivity index (χ2n) is 5.62. The van der Waals surface area contributed by atoms with E-state index in [1.807, 2.05) is 42.1 Å². The number of aromatic nitrogens is 2. The average Bonchev–Trinajstić information content (AvgIpc) is 3.24. The first-order valence-electron chi connectivity index (χ1n) is 7.72. The molecule has 1 amide bonds. The molecule has 6 nitrogen and oxygen atoms in total. The number of ether oxygens (including phenoxy) is 2. The molecule has 0 spiro atoms. The Morgan fingerprint density at radius 3 is 3.04 bits per heavy atom. The number of nitrogens with zero attached hydrogens (tertiary/aromatic N) is 2. The lowest BCUT2D eigenvalue weighted by Crippen LogP contribution is -2.38. The zero-order valence-electron chi connectivity index (χ0n) is 13.4. The van der Waals surface area contributed by atoms with E-state index in [2.05, 4.69) is 10.3 Å². The number of aryl methyl sites for hydroxylation is 1. The van der Waals surface area contributed by atoms with E-state index in [0.29, 0.717) is 6.61 Å². The molecule has 0 bridgehead atoms. The van der Waals surface area contributed by atoms with Crippen LogP contribution in [0.25, 0.3) is 0 Å². The van der Waals surface area contributed by atoms with Crippen LogP contribution in [0.15, 0.2) is 36.7 Å². The van der Waals surface area contributed by atoms with Crippen molar-refractivity contribution in [3.63, 3.8) is 0 Å². The second-order valence-corrected chi connectivity index (χ2v) is 5.62. The van der Waals surface area contributed by atoms with Crippen molar-refractivity contribution < 1.29 is 14.3 Å². The molecule has 2 atom stereocenters. The van der Waals surface area contributed by atoms with Gasteiger partial charge >= 0.3 is 0 Å². The Kier molecular flexibility index (Phi) is 4.62. The number of rotatable bonds is 5. The van der Waals surface area contributed by atoms with Gasteiger partial charge in [0.1, 0.15) is 23.7 Å². The van der Waals surface area contributed by atoms with Gasteiger partial charge in [-0.3, -0.25) is 4.79 Å². The van der Waals surface area contributed by atoms with Crippen LogP contribution in [0, 0.1) is 0 Å². The van der Waals surface area contributed by atoms with Crippen LogP contribution in [-0.2, 0) is 16.6 Å². The molecule has 1 aliphatic rings. The Morgan fingerprint density at radius 1 is 1.52 bits per heavy atom. The molecule has 1 saturated heterocycles. The van der Waals surface area contributed by atoms with Gasteiger partial charge in [-0.2, -0.15) is 0 Å². The van der Waals surface area contributed by atoms with E-state index >= 15 is 0 Å². The Bertz CT molecular complexity index is 677. The summed E-state index contributed by atoms with van der Waals surface area (Å²) < 4.78 is 12.7. The monoisotopic (exact) mass is 315 g/mol. The maximum absolute atomic E-state index is 12.5. The number of imidazole rings is 1. The van der Waals surface area contributed by atoms with Crippen molar-refractivity contribution in [2.75, 3.05) is 13.7 Å². The molecule has 122 valence electrons. The third-order valence-corrected chi connectivity index (χ3v) is 4.05. The molecule has 3 rings (SSSR count). The zero-order chi connectivity index (χ0) is 16.2. The summed E-state index contributed by atoms with van der Waals surface area (Å²) in [7, 11) is 3.54. The van der Waals surface area contributed by atoms with Gasteiger partial charge in [0.25, 0.3) is 0 Å². The Balaban J connectivity index is 1.90. The van der Waals surface area contributed by atoms with Gasteiger partial charge in [-0.15, -0.1) is 0 Å². The van der Waals surface area contributed by atoms with E-state index in [1.54, 1.807) is 13.3 Å². The highest BCUT2D eigenvalue weighted by molar-refractivity contribution is 5.81. The molecule has 1 aromatic carbocycles. The zero-order valence-corrected chi connectivity index (χ0v) is 13.4. The van der Waals surface area contributed by atoms with E-state index in [9.17, 15) is 4.79 Å². The van der Waals surface area contributed by atoms with Gasteiger partial charge in [0.2, 0.25) is 5.91 Å². The molecule has 6 heteroatoms. The summed E-state index contributed by atoms with van der Waals surface area (Å²) in [5.41, 5.74) is 0.921. The van der Waals surface area contributed by atoms with E-state index in [0.717, 1.165) is 30.0 Å². The fourth-order valence-corrected chi connectivity index (χ4v) is 2.79. The van der Waals surface area contributed by atoms with E-state index in [1.165, 1.54) is 0 Å². The molecule has 23 heavy (non-hydrogen) atoms. The lowest BCUT2D eigenvalue weighted by molar-refractivity contribution is -0.130. The first-order chi connectivity index (χ1) is 11.2. The van der Waals surface area contributed by atoms with Crippen molar-refractivity contribution in [3.05, 3.63) is 48.0 Å². The van der Waals surface area contributed by atoms with Crippen LogP contribution in [0.3, 0.4) is 0 Å². The molecule has 1 aliphatic heterocycles. The third-order valence-electron chi connectivity index (χ3n) is 4.05. The first-order valence-corrected chi connectivity index (χ1v) is 7.72. The highest BCUT2D eigenvalue weighted by Crippen LogP contribution is 2.25. The number of amides is 1. The maximum Gasteiger partial charge on any atom is 0.249 e. The van der Waals surface area contributed by atoms with Crippen molar-refractivity contribution in [1.29, 1.82) is 0 Å². The van der Waals surface area contributed by atoms with Crippen LogP contribution in [0.1, 0.15) is 30.3 Å². The number of carbonyl (C=O) groups is 1. The van der Waals surface area contributed by atoms with Gasteiger partial charge < -0.3 is 19.4 Å². The van der Waals surface area contributed by atoms with Crippen molar-refractivity contribution in [3.8, 4) is 5.75 Å². The molecule has 0 saturated carbocycles. The quantitative estimate of drug-likeness (QED) is 0.914. The number of hydrogen-bond donors (Lipinski definition) is 1. The van der Waals surface area contributed by atoms with Crippen molar-refractivity contribution in [2.24, 2.45) is 7.05 Å². The molecule has 2 heterocycles. The van der Waals surface area contributed by atoms with Gasteiger partial charge in [-0.1, -0.05) is 12.1 Å². The molecule has 1 fully saturated rings. The summed E-state index contributed by atoms with van der Waals surface area (Å²) in [5, 5.41) is 3.07. The van der Waals surface area contributed by atoms with E-state index in [-0.39, 0.29) is 18.1 Å². The van der Waals surface area contributed by atoms with E-state index in [4.69, 9.17) is 9.47 Å². The number of hydrogen-bond acceptors (Lipinski definition) is 4. The van der Waals surface area contributed by atoms with E-state index < -0.39 is 0 Å². The van der Waals surface area contributed by atoms with Gasteiger partial charge in [0.15, 0.2) is 0 Å². The van der Waals surface area contributed by atoms with Crippen molar-refractivity contribution >= 4 is 5.91 Å². The maximum atomic E-state index is 12.5. The molecule has 1 aromatic heterocycles. The Labute approximate surface area is 135 Å². The predicted octanol–water partition coefficient (Wildman–Crippen LogP) is 1.81. The fraction of sp³-hybridized carbons (Fsp3) is 0.412. The van der Waals surface area contributed by atoms with Crippen molar-refractivity contribution in [1.82, 2.24) is 14.9 Å². The summed E-state index contributed by atoms with van der Waals surface area (Å²) in [6.45, 7) is 0.643. The number of benzene rings is 1. The molecule has 0 radical (unpaired) electrons. The minimum Gasteiger partial charge on any atom is -0.497 e. The van der Waals surface area contributed by atoms with Crippen LogP contribution >= 0.6 is 0 Å². The first kappa shape index (κ1) is 15.6. The SMILES string of the molecule is COc1cccc([C@@H](NC(=O)[C@@H]2CCCO2)c2nccn2C)c1. The number of methoxy groups -OCH3 is 1. The standard InChI is InChI=1S/C17H21N3O3/c1-20-9-8-18-16(20)15(12-5-3-6-13(11-12)22-2)19-17(21)14-7-4-10-23-14/h3,5-6,8-9,11,14-15H,4,7,10H2,1-2H3,(H,19,21)/t14-,15+/m0/s1. The van der Waals surface area contributed by atoms with Gasteiger partial charge in [0, 0.05) is 26.0 Å². The molecule has 0 aliphatic carbocycles. The van der Waals surface area contributed by atoms with Crippen LogP contribution in [-0.4, -0.2) is 35.3 Å². The predicted molar refractivity (Wildman–Crippen MR) is 85.2 cm³/mol. The molecular weight excluding hydrogens is 294 g/mol. The lowest BCUT2D eigenvalue weighted by Gasteiger charge is -2.21. The molecule has 2 aromatic rings. The highest BCUT2D eigenvalue weighted by Gasteiger charge is 2.28. The van der Waals surface area contributed by atoms with Crippen LogP contribution in [0.2, 0.25) is 0 Å². The minimum atomic E-state index is -0.372. The molecular formula is C17H21N3O3. The minimum absolute atomic E-state index is 0.0988. The lowest BCUT2D eigenvalue weighted by atomic mass is 10.0. The fourth-order valence-electron chi connectivity index (χ4n) is 2.79. The normalized spacial score (nSPS) is 18.6. The van der Waals surface area contributed by atoms with Crippen LogP contribution in [0.4, 0.5) is 0 Å². The van der Waals surface area contributed by atoms with Gasteiger partial charge in [-0.05, 0) is 30.5 Å². The third kappa shape index (κ3) is 3.37. The molecule has 0 unspecified atom stereocenters. The summed E-state index contributed by atoms with van der Waals surface area (Å²) in [6.07, 6.45) is 4.89. The average molecular weight is 315 g/mol. The topological polar surface area (TPSA) is 65.4 Å².